The molecule has 2 N–H and O–H groups in total. The summed E-state index contributed by atoms with van der Waals surface area (Å²) in [6.45, 7) is 12.4. The number of likely N-dealkylation sites (N-methyl/N-ethyl adjacent to an activating group) is 1. The van der Waals surface area contributed by atoms with Gasteiger partial charge >= 0.3 is 5.97 Å². The van der Waals surface area contributed by atoms with Crippen LogP contribution in [0.3, 0.4) is 0 Å². The molecule has 1 heterocycles. The molecule has 0 aromatic heterocycles. The molecular formula is C17H32N2O2. The molecule has 0 aromatic carbocycles. The van der Waals surface area contributed by atoms with Crippen molar-refractivity contribution < 1.29 is 9.90 Å². The van der Waals surface area contributed by atoms with Crippen LogP contribution in [0.2, 0.25) is 0 Å². The summed E-state index contributed by atoms with van der Waals surface area (Å²) in [5.41, 5.74) is -0.350. The van der Waals surface area contributed by atoms with Crippen LogP contribution in [-0.4, -0.2) is 47.7 Å². The van der Waals surface area contributed by atoms with E-state index in [1.54, 1.807) is 0 Å². The molecule has 1 unspecified atom stereocenters. The van der Waals surface area contributed by atoms with Gasteiger partial charge in [0.2, 0.25) is 0 Å². The highest BCUT2D eigenvalue weighted by Gasteiger charge is 2.51. The molecule has 4 nitrogen and oxygen atoms in total. The van der Waals surface area contributed by atoms with E-state index in [1.807, 2.05) is 6.92 Å². The fourth-order valence-corrected chi connectivity index (χ4v) is 3.85. The minimum atomic E-state index is -0.719. The molecule has 2 fully saturated rings. The Morgan fingerprint density at radius 2 is 1.71 bits per heavy atom. The first kappa shape index (κ1) is 16.8. The van der Waals surface area contributed by atoms with Crippen molar-refractivity contribution in [1.29, 1.82) is 0 Å². The van der Waals surface area contributed by atoms with Gasteiger partial charge in [0.1, 0.15) is 5.54 Å². The average molecular weight is 296 g/mol. The monoisotopic (exact) mass is 296 g/mol. The molecule has 2 aliphatic rings. The van der Waals surface area contributed by atoms with E-state index in [-0.39, 0.29) is 0 Å². The van der Waals surface area contributed by atoms with Crippen molar-refractivity contribution in [3.05, 3.63) is 0 Å². The molecule has 0 amide bonds. The van der Waals surface area contributed by atoms with Crippen LogP contribution in [-0.2, 0) is 4.79 Å². The van der Waals surface area contributed by atoms with Gasteiger partial charge in [0.15, 0.2) is 0 Å². The summed E-state index contributed by atoms with van der Waals surface area (Å²) in [6.07, 6.45) is 4.49. The lowest BCUT2D eigenvalue weighted by atomic mass is 9.75. The van der Waals surface area contributed by atoms with Gasteiger partial charge in [-0.3, -0.25) is 4.79 Å². The Balaban J connectivity index is 1.98. The molecule has 0 aromatic rings. The number of carbonyl (C=O) groups is 1. The van der Waals surface area contributed by atoms with E-state index in [4.69, 9.17) is 0 Å². The van der Waals surface area contributed by atoms with Crippen LogP contribution >= 0.6 is 0 Å². The van der Waals surface area contributed by atoms with E-state index >= 15 is 0 Å². The van der Waals surface area contributed by atoms with Gasteiger partial charge in [0.25, 0.3) is 0 Å². The maximum atomic E-state index is 11.9. The fraction of sp³-hybridized carbons (Fsp3) is 0.941. The van der Waals surface area contributed by atoms with Crippen LogP contribution < -0.4 is 5.32 Å². The number of nitrogens with zero attached hydrogens (tertiary/aromatic N) is 1. The SMILES string of the molecule is CCNC(CN1CCC(C(C)(C)C)CC1)(C(=O)O)C1CC1. The molecule has 1 saturated carbocycles. The smallest absolute Gasteiger partial charge is 0.325 e. The third-order valence-corrected chi connectivity index (χ3v) is 5.43. The lowest BCUT2D eigenvalue weighted by Gasteiger charge is -2.42. The Morgan fingerprint density at radius 1 is 1.14 bits per heavy atom. The number of hydrogen-bond acceptors (Lipinski definition) is 3. The van der Waals surface area contributed by atoms with Gasteiger partial charge in [-0.15, -0.1) is 0 Å². The normalized spacial score (nSPS) is 24.8. The Hall–Kier alpha value is -0.610. The number of hydrogen-bond donors (Lipinski definition) is 2. The number of carboxylic acid groups (broad SMARTS) is 1. The second-order valence-corrected chi connectivity index (χ2v) is 8.00. The molecule has 1 aliphatic carbocycles. The van der Waals surface area contributed by atoms with Crippen molar-refractivity contribution in [2.75, 3.05) is 26.2 Å². The highest BCUT2D eigenvalue weighted by Crippen LogP contribution is 2.41. The zero-order valence-electron chi connectivity index (χ0n) is 14.1. The molecular weight excluding hydrogens is 264 g/mol. The van der Waals surface area contributed by atoms with Crippen LogP contribution in [0, 0.1) is 17.3 Å². The van der Waals surface area contributed by atoms with Crippen LogP contribution in [0.1, 0.15) is 53.4 Å². The number of likely N-dealkylation sites (tertiary alicyclic amines) is 1. The first-order valence-electron chi connectivity index (χ1n) is 8.50. The topological polar surface area (TPSA) is 52.6 Å². The van der Waals surface area contributed by atoms with E-state index < -0.39 is 11.5 Å². The number of piperidine rings is 1. The Kier molecular flexibility index (Phi) is 4.99. The maximum absolute atomic E-state index is 11.9. The predicted octanol–water partition coefficient (Wildman–Crippen LogP) is 2.59. The standard InChI is InChI=1S/C17H32N2O2/c1-5-18-17(15(20)21,14-6-7-14)12-19-10-8-13(9-11-19)16(2,3)4/h13-14,18H,5-12H2,1-4H3,(H,20,21). The van der Waals surface area contributed by atoms with Crippen LogP contribution in [0.5, 0.6) is 0 Å². The Labute approximate surface area is 129 Å². The molecule has 0 spiro atoms. The molecule has 122 valence electrons. The number of aliphatic carboxylic acids is 1. The van der Waals surface area contributed by atoms with Gasteiger partial charge in [-0.25, -0.2) is 0 Å². The lowest BCUT2D eigenvalue weighted by molar-refractivity contribution is -0.147. The third-order valence-electron chi connectivity index (χ3n) is 5.43. The molecule has 1 saturated heterocycles. The minimum absolute atomic E-state index is 0.315. The van der Waals surface area contributed by atoms with Gasteiger partial charge in [0.05, 0.1) is 0 Å². The summed E-state index contributed by atoms with van der Waals surface area (Å²) < 4.78 is 0. The number of nitrogens with one attached hydrogen (secondary N) is 1. The van der Waals surface area contributed by atoms with Gasteiger partial charge < -0.3 is 15.3 Å². The fourth-order valence-electron chi connectivity index (χ4n) is 3.85. The van der Waals surface area contributed by atoms with E-state index in [2.05, 4.69) is 31.0 Å². The van der Waals surface area contributed by atoms with E-state index in [0.717, 1.165) is 38.4 Å². The molecule has 0 bridgehead atoms. The van der Waals surface area contributed by atoms with Crippen LogP contribution in [0.4, 0.5) is 0 Å². The molecule has 1 atom stereocenters. The summed E-state index contributed by atoms with van der Waals surface area (Å²) >= 11 is 0. The second-order valence-electron chi connectivity index (χ2n) is 8.00. The largest absolute Gasteiger partial charge is 0.480 e. The minimum Gasteiger partial charge on any atom is -0.480 e. The van der Waals surface area contributed by atoms with Crippen molar-refractivity contribution in [2.45, 2.75) is 58.9 Å². The molecule has 2 rings (SSSR count). The van der Waals surface area contributed by atoms with Crippen LogP contribution in [0.25, 0.3) is 0 Å². The summed E-state index contributed by atoms with van der Waals surface area (Å²) in [5.74, 6) is 0.410. The van der Waals surface area contributed by atoms with Crippen molar-refractivity contribution in [3.8, 4) is 0 Å². The average Bonchev–Trinajstić information content (AvgIpc) is 3.22. The second kappa shape index (κ2) is 6.25. The molecule has 1 aliphatic heterocycles. The van der Waals surface area contributed by atoms with Crippen molar-refractivity contribution in [2.24, 2.45) is 17.3 Å². The summed E-state index contributed by atoms with van der Waals surface area (Å²) in [6, 6.07) is 0. The maximum Gasteiger partial charge on any atom is 0.325 e. The van der Waals surface area contributed by atoms with E-state index in [9.17, 15) is 9.90 Å². The van der Waals surface area contributed by atoms with Crippen LogP contribution in [0.15, 0.2) is 0 Å². The Morgan fingerprint density at radius 3 is 2.10 bits per heavy atom. The number of carboxylic acids is 1. The van der Waals surface area contributed by atoms with E-state index in [1.165, 1.54) is 12.8 Å². The Bertz CT molecular complexity index is 365. The van der Waals surface area contributed by atoms with Gasteiger partial charge in [0, 0.05) is 6.54 Å². The van der Waals surface area contributed by atoms with Gasteiger partial charge in [-0.2, -0.15) is 0 Å². The highest BCUT2D eigenvalue weighted by atomic mass is 16.4. The predicted molar refractivity (Wildman–Crippen MR) is 85.4 cm³/mol. The molecule has 0 radical (unpaired) electrons. The highest BCUT2D eigenvalue weighted by molar-refractivity contribution is 5.80. The summed E-state index contributed by atoms with van der Waals surface area (Å²) in [4.78, 5) is 14.3. The zero-order valence-corrected chi connectivity index (χ0v) is 14.1. The van der Waals surface area contributed by atoms with Crippen molar-refractivity contribution in [3.63, 3.8) is 0 Å². The first-order chi connectivity index (χ1) is 9.79. The van der Waals surface area contributed by atoms with E-state index in [0.29, 0.717) is 17.9 Å². The zero-order chi connectivity index (χ0) is 15.7. The summed E-state index contributed by atoms with van der Waals surface area (Å²) in [7, 11) is 0. The van der Waals surface area contributed by atoms with Crippen molar-refractivity contribution in [1.82, 2.24) is 10.2 Å². The molecule has 21 heavy (non-hydrogen) atoms. The quantitative estimate of drug-likeness (QED) is 0.791. The van der Waals surface area contributed by atoms with Crippen molar-refractivity contribution >= 4 is 5.97 Å². The molecule has 4 heteroatoms. The first-order valence-corrected chi connectivity index (χ1v) is 8.50. The summed E-state index contributed by atoms with van der Waals surface area (Å²) in [5, 5.41) is 13.1. The number of rotatable bonds is 6. The van der Waals surface area contributed by atoms with Gasteiger partial charge in [-0.05, 0) is 62.6 Å². The third kappa shape index (κ3) is 3.78. The van der Waals surface area contributed by atoms with Gasteiger partial charge in [-0.1, -0.05) is 27.7 Å². The lowest BCUT2D eigenvalue weighted by Crippen LogP contribution is -2.61.